The van der Waals surface area contributed by atoms with E-state index in [1.807, 2.05) is 24.3 Å². The Morgan fingerprint density at radius 3 is 2.22 bits per heavy atom. The molecule has 0 bridgehead atoms. The molecule has 0 saturated heterocycles. The Morgan fingerprint density at radius 1 is 0.906 bits per heavy atom. The maximum absolute atomic E-state index is 13.8. The summed E-state index contributed by atoms with van der Waals surface area (Å²) in [6, 6.07) is 18.3. The van der Waals surface area contributed by atoms with E-state index in [0.717, 1.165) is 16.9 Å². The van der Waals surface area contributed by atoms with Gasteiger partial charge in [-0.25, -0.2) is 9.18 Å². The lowest BCUT2D eigenvalue weighted by atomic mass is 10.1. The Balaban J connectivity index is 1.43. The summed E-state index contributed by atoms with van der Waals surface area (Å²) in [6.45, 7) is 0.589. The van der Waals surface area contributed by atoms with E-state index in [1.165, 1.54) is 18.2 Å². The van der Waals surface area contributed by atoms with Crippen LogP contribution in [-0.2, 0) is 13.0 Å². The molecule has 3 aromatic carbocycles. The lowest BCUT2D eigenvalue weighted by Crippen LogP contribution is -2.28. The Bertz CT molecular complexity index is 1050. The Morgan fingerprint density at radius 2 is 1.56 bits per heavy atom. The molecule has 2 N–H and O–H groups in total. The van der Waals surface area contributed by atoms with Crippen LogP contribution in [0.1, 0.15) is 21.5 Å². The van der Waals surface area contributed by atoms with Crippen molar-refractivity contribution >= 4 is 23.6 Å². The van der Waals surface area contributed by atoms with Crippen molar-refractivity contribution in [3.8, 4) is 11.5 Å². The highest BCUT2D eigenvalue weighted by Crippen LogP contribution is 2.19. The number of rotatable bonds is 8. The molecule has 6 nitrogen and oxygen atoms in total. The Kier molecular flexibility index (Phi) is 8.05. The van der Waals surface area contributed by atoms with Crippen LogP contribution in [0.4, 0.5) is 9.18 Å². The van der Waals surface area contributed by atoms with Crippen LogP contribution in [0.25, 0.3) is 0 Å². The van der Waals surface area contributed by atoms with Crippen molar-refractivity contribution in [2.24, 2.45) is 0 Å². The maximum Gasteiger partial charge on any atom is 0.412 e. The Hall–Kier alpha value is -3.58. The van der Waals surface area contributed by atoms with E-state index < -0.39 is 17.8 Å². The molecule has 0 spiro atoms. The van der Waals surface area contributed by atoms with Gasteiger partial charge in [-0.05, 0) is 53.9 Å². The van der Waals surface area contributed by atoms with Crippen molar-refractivity contribution in [2.75, 3.05) is 13.7 Å². The van der Waals surface area contributed by atoms with Gasteiger partial charge in [0.15, 0.2) is 0 Å². The fourth-order valence-corrected chi connectivity index (χ4v) is 3.15. The highest BCUT2D eigenvalue weighted by atomic mass is 35.5. The fourth-order valence-electron chi connectivity index (χ4n) is 2.91. The van der Waals surface area contributed by atoms with Gasteiger partial charge in [-0.15, -0.1) is 0 Å². The first-order chi connectivity index (χ1) is 15.5. The van der Waals surface area contributed by atoms with Gasteiger partial charge in [0.25, 0.3) is 5.91 Å². The SMILES string of the molecule is COc1ccc(CCNC(=O)Oc2ccc(CNC(=O)c3c(F)cccc3Cl)cc2)cc1. The zero-order chi connectivity index (χ0) is 22.9. The number of benzene rings is 3. The zero-order valence-corrected chi connectivity index (χ0v) is 18.1. The van der Waals surface area contributed by atoms with E-state index in [-0.39, 0.29) is 17.1 Å². The molecule has 0 atom stereocenters. The highest BCUT2D eigenvalue weighted by Gasteiger charge is 2.15. The van der Waals surface area contributed by atoms with Crippen molar-refractivity contribution in [2.45, 2.75) is 13.0 Å². The van der Waals surface area contributed by atoms with Gasteiger partial charge >= 0.3 is 6.09 Å². The van der Waals surface area contributed by atoms with Gasteiger partial charge in [0.05, 0.1) is 17.7 Å². The van der Waals surface area contributed by atoms with Crippen molar-refractivity contribution in [3.05, 3.63) is 94.3 Å². The molecule has 8 heteroatoms. The van der Waals surface area contributed by atoms with Gasteiger partial charge in [0.2, 0.25) is 0 Å². The summed E-state index contributed by atoms with van der Waals surface area (Å²) in [7, 11) is 1.61. The molecule has 32 heavy (non-hydrogen) atoms. The predicted molar refractivity (Wildman–Crippen MR) is 120 cm³/mol. The quantitative estimate of drug-likeness (QED) is 0.513. The third-order valence-corrected chi connectivity index (χ3v) is 4.93. The topological polar surface area (TPSA) is 76.7 Å². The number of carbonyl (C=O) groups is 2. The highest BCUT2D eigenvalue weighted by molar-refractivity contribution is 6.33. The minimum absolute atomic E-state index is 0.0456. The van der Waals surface area contributed by atoms with Crippen LogP contribution in [0.2, 0.25) is 5.02 Å². The molecule has 2 amide bonds. The minimum Gasteiger partial charge on any atom is -0.497 e. The predicted octanol–water partition coefficient (Wildman–Crippen LogP) is 4.75. The second-order valence-electron chi connectivity index (χ2n) is 6.84. The third-order valence-electron chi connectivity index (χ3n) is 4.62. The van der Waals surface area contributed by atoms with Crippen molar-refractivity contribution in [1.82, 2.24) is 10.6 Å². The average molecular weight is 457 g/mol. The van der Waals surface area contributed by atoms with Gasteiger partial charge in [-0.2, -0.15) is 0 Å². The summed E-state index contributed by atoms with van der Waals surface area (Å²) in [6.07, 6.45) is 0.0952. The molecule has 0 radical (unpaired) electrons. The lowest BCUT2D eigenvalue weighted by molar-refractivity contribution is 0.0947. The number of methoxy groups -OCH3 is 1. The molecule has 0 saturated carbocycles. The van der Waals surface area contributed by atoms with Crippen LogP contribution < -0.4 is 20.1 Å². The second kappa shape index (κ2) is 11.2. The minimum atomic E-state index is -0.684. The molecule has 3 rings (SSSR count). The van der Waals surface area contributed by atoms with Crippen molar-refractivity contribution in [1.29, 1.82) is 0 Å². The number of ether oxygens (including phenoxy) is 2. The smallest absolute Gasteiger partial charge is 0.412 e. The van der Waals surface area contributed by atoms with Gasteiger partial charge in [0, 0.05) is 13.1 Å². The van der Waals surface area contributed by atoms with Crippen LogP contribution in [-0.4, -0.2) is 25.7 Å². The van der Waals surface area contributed by atoms with E-state index >= 15 is 0 Å². The van der Waals surface area contributed by atoms with Gasteiger partial charge in [0.1, 0.15) is 17.3 Å². The second-order valence-corrected chi connectivity index (χ2v) is 7.24. The number of nitrogens with one attached hydrogen (secondary N) is 2. The molecule has 0 aliphatic rings. The largest absolute Gasteiger partial charge is 0.497 e. The number of amides is 2. The van der Waals surface area contributed by atoms with Crippen LogP contribution in [0.5, 0.6) is 11.5 Å². The van der Waals surface area contributed by atoms with Crippen molar-refractivity contribution in [3.63, 3.8) is 0 Å². The molecule has 0 heterocycles. The normalized spacial score (nSPS) is 10.3. The average Bonchev–Trinajstić information content (AvgIpc) is 2.79. The zero-order valence-electron chi connectivity index (χ0n) is 17.4. The standard InChI is InChI=1S/C24H22ClFN2O4/c1-31-18-9-5-16(6-10-18)13-14-27-24(30)32-19-11-7-17(8-12-19)15-28-23(29)22-20(25)3-2-4-21(22)26/h2-12H,13-15H2,1H3,(H,27,30)(H,28,29). The van der Waals surface area contributed by atoms with E-state index in [4.69, 9.17) is 21.1 Å². The summed E-state index contributed by atoms with van der Waals surface area (Å²) in [5.74, 6) is -0.152. The van der Waals surface area contributed by atoms with Crippen molar-refractivity contribution < 1.29 is 23.5 Å². The van der Waals surface area contributed by atoms with Gasteiger partial charge in [-0.3, -0.25) is 4.79 Å². The summed E-state index contributed by atoms with van der Waals surface area (Å²) >= 11 is 5.90. The molecular formula is C24H22ClFN2O4. The monoisotopic (exact) mass is 456 g/mol. The first-order valence-electron chi connectivity index (χ1n) is 9.86. The molecule has 0 aromatic heterocycles. The number of hydrogen-bond donors (Lipinski definition) is 2. The molecule has 0 aliphatic carbocycles. The first kappa shape index (κ1) is 23.1. The maximum atomic E-state index is 13.8. The van der Waals surface area contributed by atoms with Gasteiger partial charge < -0.3 is 20.1 Å². The molecular weight excluding hydrogens is 435 g/mol. The summed E-state index contributed by atoms with van der Waals surface area (Å²) < 4.78 is 24.2. The number of carbonyl (C=O) groups excluding carboxylic acids is 2. The number of halogens is 2. The van der Waals surface area contributed by atoms with Crippen LogP contribution in [0.15, 0.2) is 66.7 Å². The summed E-state index contributed by atoms with van der Waals surface area (Å²) in [5.41, 5.74) is 1.62. The Labute approximate surface area is 190 Å². The summed E-state index contributed by atoms with van der Waals surface area (Å²) in [4.78, 5) is 24.2. The third kappa shape index (κ3) is 6.46. The van der Waals surface area contributed by atoms with E-state index in [9.17, 15) is 14.0 Å². The molecule has 0 fully saturated rings. The summed E-state index contributed by atoms with van der Waals surface area (Å²) in [5, 5.41) is 5.36. The molecule has 0 unspecified atom stereocenters. The van der Waals surface area contributed by atoms with Gasteiger partial charge in [-0.1, -0.05) is 41.9 Å². The van der Waals surface area contributed by atoms with Crippen LogP contribution >= 0.6 is 11.6 Å². The number of hydrogen-bond acceptors (Lipinski definition) is 4. The molecule has 166 valence electrons. The van der Waals surface area contributed by atoms with E-state index in [0.29, 0.717) is 18.7 Å². The lowest BCUT2D eigenvalue weighted by Gasteiger charge is -2.09. The van der Waals surface area contributed by atoms with Crippen LogP contribution in [0, 0.1) is 5.82 Å². The fraction of sp³-hybridized carbons (Fsp3) is 0.167. The molecule has 3 aromatic rings. The van der Waals surface area contributed by atoms with E-state index in [1.54, 1.807) is 31.4 Å². The van der Waals surface area contributed by atoms with Crippen LogP contribution in [0.3, 0.4) is 0 Å². The van der Waals surface area contributed by atoms with E-state index in [2.05, 4.69) is 10.6 Å². The molecule has 0 aliphatic heterocycles. The first-order valence-corrected chi connectivity index (χ1v) is 10.2.